The maximum atomic E-state index is 13.8. The molecule has 3 atom stereocenters. The van der Waals surface area contributed by atoms with Crippen LogP contribution < -0.4 is 33.6 Å². The van der Waals surface area contributed by atoms with Gasteiger partial charge in [-0.2, -0.15) is 0 Å². The molecule has 0 saturated carbocycles. The number of hydrogen-bond donors (Lipinski definition) is 7. The van der Waals surface area contributed by atoms with Crippen LogP contribution in [0.25, 0.3) is 0 Å². The Labute approximate surface area is 250 Å². The van der Waals surface area contributed by atoms with Crippen molar-refractivity contribution in [1.29, 1.82) is 5.41 Å². The number of nitrogens with two attached hydrogens (primary N) is 4. The first kappa shape index (κ1) is 32.3. The third-order valence-electron chi connectivity index (χ3n) is 6.91. The first-order valence-electron chi connectivity index (χ1n) is 14.0. The predicted octanol–water partition coefficient (Wildman–Crippen LogP) is 0.833. The Morgan fingerprint density at radius 3 is 2.12 bits per heavy atom. The zero-order valence-electron chi connectivity index (χ0n) is 23.9. The van der Waals surface area contributed by atoms with Gasteiger partial charge in [0.1, 0.15) is 17.9 Å². The van der Waals surface area contributed by atoms with Gasteiger partial charge >= 0.3 is 0 Å². The number of primary amides is 1. The molecule has 3 rings (SSSR count). The van der Waals surface area contributed by atoms with E-state index in [1.807, 2.05) is 42.5 Å². The van der Waals surface area contributed by atoms with Gasteiger partial charge in [-0.25, -0.2) is 0 Å². The fourth-order valence-electron chi connectivity index (χ4n) is 4.56. The third-order valence-corrected chi connectivity index (χ3v) is 6.91. The summed E-state index contributed by atoms with van der Waals surface area (Å²) in [7, 11) is 0. The average molecular weight is 586 g/mol. The summed E-state index contributed by atoms with van der Waals surface area (Å²) in [6.07, 6.45) is 4.99. The number of guanidine groups is 1. The predicted molar refractivity (Wildman–Crippen MR) is 166 cm³/mol. The maximum Gasteiger partial charge on any atom is 0.243 e. The van der Waals surface area contributed by atoms with E-state index in [4.69, 9.17) is 28.3 Å². The van der Waals surface area contributed by atoms with Crippen molar-refractivity contribution in [3.05, 3.63) is 101 Å². The van der Waals surface area contributed by atoms with E-state index in [1.165, 1.54) is 0 Å². The number of rotatable bonds is 16. The fourth-order valence-corrected chi connectivity index (χ4v) is 4.56. The summed E-state index contributed by atoms with van der Waals surface area (Å²) in [5.74, 6) is -2.39. The molecule has 0 saturated heterocycles. The number of nitrogen functional groups attached to an aromatic ring is 1. The first-order valence-corrected chi connectivity index (χ1v) is 14.0. The van der Waals surface area contributed by atoms with Crippen LogP contribution in [0.2, 0.25) is 0 Å². The molecule has 0 aliphatic heterocycles. The molecule has 0 aliphatic rings. The molecule has 0 radical (unpaired) electrons. The highest BCUT2D eigenvalue weighted by Crippen LogP contribution is 2.22. The van der Waals surface area contributed by atoms with Crippen LogP contribution >= 0.6 is 0 Å². The number of carbonyl (C=O) groups is 3. The van der Waals surface area contributed by atoms with E-state index in [9.17, 15) is 14.4 Å². The molecule has 43 heavy (non-hydrogen) atoms. The second-order valence-corrected chi connectivity index (χ2v) is 10.2. The van der Waals surface area contributed by atoms with Gasteiger partial charge in [0.05, 0.1) is 5.92 Å². The van der Waals surface area contributed by atoms with Crippen LogP contribution in [-0.4, -0.2) is 53.1 Å². The quantitative estimate of drug-likeness (QED) is 0.0726. The zero-order valence-corrected chi connectivity index (χ0v) is 23.9. The lowest BCUT2D eigenvalue weighted by atomic mass is 9.91. The van der Waals surface area contributed by atoms with Gasteiger partial charge in [0.15, 0.2) is 5.96 Å². The Morgan fingerprint density at radius 1 is 0.814 bits per heavy atom. The van der Waals surface area contributed by atoms with Crippen LogP contribution in [0, 0.1) is 5.41 Å². The summed E-state index contributed by atoms with van der Waals surface area (Å²) in [6, 6.07) is 18.3. The monoisotopic (exact) mass is 585 g/mol. The minimum atomic E-state index is -0.966. The number of aliphatic imine (C=N–C) groups is 1. The van der Waals surface area contributed by atoms with E-state index in [0.29, 0.717) is 30.4 Å². The second-order valence-electron chi connectivity index (χ2n) is 10.2. The molecule has 1 heterocycles. The number of pyridine rings is 1. The van der Waals surface area contributed by atoms with Gasteiger partial charge in [-0.3, -0.25) is 29.8 Å². The lowest BCUT2D eigenvalue weighted by Crippen LogP contribution is -2.53. The number of carbonyl (C=O) groups excluding carboxylic acids is 3. The standard InChI is InChI=1S/C31H39N9O3/c32-27(33)22-13-10-21(11-14-22)18-24(23-8-4-16-37-19-23)29(42)40-26(15-12-20-6-2-1-3-7-20)30(43)39-25(28(34)41)9-5-17-38-31(35)36/h1-4,6-8,10-11,13-14,16,19,24-26H,5,9,12,15,17-18H2,(H3,32,33)(H2,34,41)(H,39,43)(H,40,42)(H4,35,36,38)/t24?,25-,26-/m0/s1. The van der Waals surface area contributed by atoms with Crippen LogP contribution in [0.5, 0.6) is 0 Å². The lowest BCUT2D eigenvalue weighted by Gasteiger charge is -2.25. The summed E-state index contributed by atoms with van der Waals surface area (Å²) in [5, 5.41) is 13.3. The Morgan fingerprint density at radius 2 is 1.51 bits per heavy atom. The Balaban J connectivity index is 1.82. The Bertz CT molecular complexity index is 1390. The van der Waals surface area contributed by atoms with Crippen molar-refractivity contribution < 1.29 is 14.4 Å². The van der Waals surface area contributed by atoms with E-state index in [1.54, 1.807) is 36.7 Å². The lowest BCUT2D eigenvalue weighted by molar-refractivity contribution is -0.132. The number of aromatic nitrogens is 1. The van der Waals surface area contributed by atoms with Crippen molar-refractivity contribution >= 4 is 29.5 Å². The normalized spacial score (nSPS) is 12.7. The molecule has 226 valence electrons. The van der Waals surface area contributed by atoms with Crippen LogP contribution in [-0.2, 0) is 27.2 Å². The van der Waals surface area contributed by atoms with Crippen molar-refractivity contribution in [2.45, 2.75) is 50.1 Å². The minimum absolute atomic E-state index is 0.0501. The smallest absolute Gasteiger partial charge is 0.243 e. The highest BCUT2D eigenvalue weighted by Gasteiger charge is 2.29. The molecule has 2 aromatic carbocycles. The number of amidine groups is 1. The highest BCUT2D eigenvalue weighted by molar-refractivity contribution is 5.95. The number of amides is 3. The summed E-state index contributed by atoms with van der Waals surface area (Å²) < 4.78 is 0. The molecule has 3 amide bonds. The molecule has 1 unspecified atom stereocenters. The van der Waals surface area contributed by atoms with E-state index < -0.39 is 29.8 Å². The minimum Gasteiger partial charge on any atom is -0.384 e. The first-order chi connectivity index (χ1) is 20.6. The number of aryl methyl sites for hydroxylation is 1. The molecule has 0 fully saturated rings. The van der Waals surface area contributed by atoms with Crippen LogP contribution in [0.4, 0.5) is 0 Å². The number of nitrogens with one attached hydrogen (secondary N) is 3. The van der Waals surface area contributed by atoms with E-state index in [2.05, 4.69) is 20.6 Å². The number of nitrogens with zero attached hydrogens (tertiary/aromatic N) is 2. The molecule has 0 spiro atoms. The summed E-state index contributed by atoms with van der Waals surface area (Å²) in [4.78, 5) is 47.6. The van der Waals surface area contributed by atoms with Crippen molar-refractivity contribution in [3.63, 3.8) is 0 Å². The summed E-state index contributed by atoms with van der Waals surface area (Å²) in [6.45, 7) is 0.274. The molecule has 0 aliphatic carbocycles. The summed E-state index contributed by atoms with van der Waals surface area (Å²) >= 11 is 0. The van der Waals surface area contributed by atoms with Gasteiger partial charge in [0.25, 0.3) is 0 Å². The van der Waals surface area contributed by atoms with Gasteiger partial charge in [0, 0.05) is 24.5 Å². The van der Waals surface area contributed by atoms with Crippen LogP contribution in [0.15, 0.2) is 84.1 Å². The van der Waals surface area contributed by atoms with Crippen molar-refractivity contribution in [3.8, 4) is 0 Å². The van der Waals surface area contributed by atoms with Gasteiger partial charge in [-0.05, 0) is 54.9 Å². The molecule has 11 N–H and O–H groups in total. The van der Waals surface area contributed by atoms with Gasteiger partial charge in [-0.1, -0.05) is 60.7 Å². The van der Waals surface area contributed by atoms with Gasteiger partial charge < -0.3 is 33.6 Å². The highest BCUT2D eigenvalue weighted by atomic mass is 16.2. The molecule has 12 heteroatoms. The van der Waals surface area contributed by atoms with E-state index >= 15 is 0 Å². The molecular formula is C31H39N9O3. The fraction of sp³-hybridized carbons (Fsp3) is 0.290. The van der Waals surface area contributed by atoms with Crippen molar-refractivity contribution in [2.24, 2.45) is 27.9 Å². The van der Waals surface area contributed by atoms with Crippen molar-refractivity contribution in [2.75, 3.05) is 6.54 Å². The van der Waals surface area contributed by atoms with Crippen LogP contribution in [0.1, 0.15) is 47.4 Å². The molecule has 0 bridgehead atoms. The zero-order chi connectivity index (χ0) is 31.2. The van der Waals surface area contributed by atoms with Gasteiger partial charge in [0.2, 0.25) is 17.7 Å². The topological polar surface area (TPSA) is 228 Å². The molecule has 12 nitrogen and oxygen atoms in total. The number of benzene rings is 2. The summed E-state index contributed by atoms with van der Waals surface area (Å²) in [5.41, 5.74) is 25.0. The van der Waals surface area contributed by atoms with E-state index in [-0.39, 0.29) is 37.1 Å². The SMILES string of the molecule is N=C(N)c1ccc(CC(C(=O)N[C@@H](CCc2ccccc2)C(=O)N[C@@H](CCCN=C(N)N)C(N)=O)c2cccnc2)cc1. The molecular weight excluding hydrogens is 546 g/mol. The second kappa shape index (κ2) is 16.2. The largest absolute Gasteiger partial charge is 0.384 e. The van der Waals surface area contributed by atoms with Crippen LogP contribution in [0.3, 0.4) is 0 Å². The Hall–Kier alpha value is -5.26. The molecule has 3 aromatic rings. The third kappa shape index (κ3) is 10.6. The Kier molecular flexibility index (Phi) is 12.2. The average Bonchev–Trinajstić information content (AvgIpc) is 3.00. The molecule has 1 aromatic heterocycles. The number of hydrogen-bond acceptors (Lipinski definition) is 6. The van der Waals surface area contributed by atoms with Crippen molar-refractivity contribution in [1.82, 2.24) is 15.6 Å². The maximum absolute atomic E-state index is 13.8. The van der Waals surface area contributed by atoms with E-state index in [0.717, 1.165) is 11.1 Å². The van der Waals surface area contributed by atoms with Gasteiger partial charge in [-0.15, -0.1) is 0 Å².